The van der Waals surface area contributed by atoms with E-state index in [1.165, 1.54) is 0 Å². The molecule has 3 rings (SSSR count). The van der Waals surface area contributed by atoms with E-state index in [2.05, 4.69) is 5.32 Å². The zero-order valence-electron chi connectivity index (χ0n) is 15.6. The van der Waals surface area contributed by atoms with E-state index < -0.39 is 5.91 Å². The van der Waals surface area contributed by atoms with Crippen molar-refractivity contribution in [3.8, 4) is 11.8 Å². The standard InChI is InChI=1S/C23H21N3O2/c1-2-26(15-17-8-4-3-5-9-17)16-18(14-24)23(28)25-21-12-6-11-20-19(21)10-7-13-22(20)27/h3-13,16,27H,2,15H2,1H3,(H,25,28)/b18-16-. The van der Waals surface area contributed by atoms with Crippen molar-refractivity contribution in [3.63, 3.8) is 0 Å². The van der Waals surface area contributed by atoms with Gasteiger partial charge in [-0.1, -0.05) is 54.6 Å². The second-order valence-electron chi connectivity index (χ2n) is 6.34. The van der Waals surface area contributed by atoms with E-state index in [4.69, 9.17) is 0 Å². The molecule has 0 saturated heterocycles. The number of amides is 1. The molecule has 28 heavy (non-hydrogen) atoms. The monoisotopic (exact) mass is 371 g/mol. The average Bonchev–Trinajstić information content (AvgIpc) is 2.72. The van der Waals surface area contributed by atoms with E-state index in [1.54, 1.807) is 36.5 Å². The van der Waals surface area contributed by atoms with Gasteiger partial charge >= 0.3 is 0 Å². The molecule has 5 heteroatoms. The first-order valence-electron chi connectivity index (χ1n) is 9.04. The Morgan fingerprint density at radius 1 is 1.07 bits per heavy atom. The number of nitrogens with zero attached hydrogens (tertiary/aromatic N) is 2. The highest BCUT2D eigenvalue weighted by Crippen LogP contribution is 2.30. The Morgan fingerprint density at radius 3 is 2.50 bits per heavy atom. The van der Waals surface area contributed by atoms with Gasteiger partial charge in [-0.25, -0.2) is 0 Å². The summed E-state index contributed by atoms with van der Waals surface area (Å²) >= 11 is 0. The van der Waals surface area contributed by atoms with Crippen LogP contribution < -0.4 is 5.32 Å². The van der Waals surface area contributed by atoms with Crippen LogP contribution in [0.25, 0.3) is 10.8 Å². The first kappa shape index (κ1) is 19.0. The van der Waals surface area contributed by atoms with Gasteiger partial charge < -0.3 is 15.3 Å². The van der Waals surface area contributed by atoms with Crippen molar-refractivity contribution >= 4 is 22.4 Å². The summed E-state index contributed by atoms with van der Waals surface area (Å²) < 4.78 is 0. The van der Waals surface area contributed by atoms with Gasteiger partial charge in [0.2, 0.25) is 0 Å². The number of benzene rings is 3. The van der Waals surface area contributed by atoms with Crippen LogP contribution in [-0.2, 0) is 11.3 Å². The minimum Gasteiger partial charge on any atom is -0.507 e. The minimum absolute atomic E-state index is 0.0231. The van der Waals surface area contributed by atoms with Crippen molar-refractivity contribution in [2.24, 2.45) is 0 Å². The van der Waals surface area contributed by atoms with Gasteiger partial charge in [-0.15, -0.1) is 0 Å². The van der Waals surface area contributed by atoms with Crippen LogP contribution in [0.15, 0.2) is 78.5 Å². The highest BCUT2D eigenvalue weighted by atomic mass is 16.3. The lowest BCUT2D eigenvalue weighted by molar-refractivity contribution is -0.112. The lowest BCUT2D eigenvalue weighted by Crippen LogP contribution is -2.21. The number of hydrogen-bond acceptors (Lipinski definition) is 4. The number of phenols is 1. The molecule has 140 valence electrons. The Hall–Kier alpha value is -3.78. The molecule has 0 aliphatic rings. The van der Waals surface area contributed by atoms with Gasteiger partial charge in [0.15, 0.2) is 0 Å². The van der Waals surface area contributed by atoms with Crippen LogP contribution in [0.3, 0.4) is 0 Å². The van der Waals surface area contributed by atoms with Crippen molar-refractivity contribution in [1.82, 2.24) is 4.90 Å². The number of phenolic OH excluding ortho intramolecular Hbond substituents is 1. The second-order valence-corrected chi connectivity index (χ2v) is 6.34. The van der Waals surface area contributed by atoms with Crippen LogP contribution in [0.4, 0.5) is 5.69 Å². The van der Waals surface area contributed by atoms with Crippen molar-refractivity contribution in [1.29, 1.82) is 5.26 Å². The number of rotatable bonds is 6. The predicted molar refractivity (Wildman–Crippen MR) is 110 cm³/mol. The Labute approximate surface area is 164 Å². The Morgan fingerprint density at radius 2 is 1.79 bits per heavy atom. The van der Waals surface area contributed by atoms with Crippen LogP contribution in [0.2, 0.25) is 0 Å². The molecular formula is C23H21N3O2. The number of anilines is 1. The molecule has 2 N–H and O–H groups in total. The quantitative estimate of drug-likeness (QED) is 0.497. The largest absolute Gasteiger partial charge is 0.507 e. The van der Waals surface area contributed by atoms with Gasteiger partial charge in [-0.3, -0.25) is 4.79 Å². The summed E-state index contributed by atoms with van der Waals surface area (Å²) in [6.45, 7) is 3.24. The Kier molecular flexibility index (Phi) is 5.93. The molecule has 0 spiro atoms. The summed E-state index contributed by atoms with van der Waals surface area (Å²) in [5.41, 5.74) is 1.67. The Bertz CT molecular complexity index is 1050. The Balaban J connectivity index is 1.83. The molecule has 1 amide bonds. The molecule has 0 radical (unpaired) electrons. The maximum Gasteiger partial charge on any atom is 0.267 e. The van der Waals surface area contributed by atoms with E-state index in [-0.39, 0.29) is 11.3 Å². The molecule has 0 bridgehead atoms. The number of nitrogens with one attached hydrogen (secondary N) is 1. The van der Waals surface area contributed by atoms with E-state index in [1.807, 2.05) is 54.3 Å². The molecule has 3 aromatic carbocycles. The third-order valence-electron chi connectivity index (χ3n) is 4.46. The van der Waals surface area contributed by atoms with E-state index in [0.717, 1.165) is 5.56 Å². The summed E-state index contributed by atoms with van der Waals surface area (Å²) in [5, 5.41) is 23.6. The number of hydrogen-bond donors (Lipinski definition) is 2. The van der Waals surface area contributed by atoms with Gasteiger partial charge in [0.1, 0.15) is 17.4 Å². The highest BCUT2D eigenvalue weighted by Gasteiger charge is 2.13. The van der Waals surface area contributed by atoms with Gasteiger partial charge in [0.05, 0.1) is 0 Å². The first-order chi connectivity index (χ1) is 13.6. The van der Waals surface area contributed by atoms with Crippen molar-refractivity contribution in [2.75, 3.05) is 11.9 Å². The first-order valence-corrected chi connectivity index (χ1v) is 9.04. The number of carbonyl (C=O) groups is 1. The summed E-state index contributed by atoms with van der Waals surface area (Å²) in [6.07, 6.45) is 1.59. The highest BCUT2D eigenvalue weighted by molar-refractivity contribution is 6.11. The van der Waals surface area contributed by atoms with Crippen molar-refractivity contribution < 1.29 is 9.90 Å². The topological polar surface area (TPSA) is 76.4 Å². The molecular weight excluding hydrogens is 350 g/mol. The molecule has 5 nitrogen and oxygen atoms in total. The number of carbonyl (C=O) groups excluding carboxylic acids is 1. The second kappa shape index (κ2) is 8.74. The van der Waals surface area contributed by atoms with Crippen LogP contribution in [-0.4, -0.2) is 22.5 Å². The molecule has 3 aromatic rings. The van der Waals surface area contributed by atoms with Crippen LogP contribution >= 0.6 is 0 Å². The van der Waals surface area contributed by atoms with Crippen LogP contribution in [0, 0.1) is 11.3 Å². The molecule has 0 saturated carbocycles. The molecule has 0 unspecified atom stereocenters. The average molecular weight is 371 g/mol. The molecule has 0 atom stereocenters. The SMILES string of the molecule is CCN(/C=C(/C#N)C(=O)Nc1cccc2c(O)cccc12)Cc1ccccc1. The van der Waals surface area contributed by atoms with Gasteiger partial charge in [-0.2, -0.15) is 5.26 Å². The lowest BCUT2D eigenvalue weighted by atomic mass is 10.1. The van der Waals surface area contributed by atoms with Gasteiger partial charge in [0, 0.05) is 35.7 Å². The maximum absolute atomic E-state index is 12.7. The summed E-state index contributed by atoms with van der Waals surface area (Å²) in [5.74, 6) is -0.338. The molecule has 0 fully saturated rings. The van der Waals surface area contributed by atoms with E-state index in [0.29, 0.717) is 29.5 Å². The fourth-order valence-electron chi connectivity index (χ4n) is 2.98. The fraction of sp³-hybridized carbons (Fsp3) is 0.130. The summed E-state index contributed by atoms with van der Waals surface area (Å²) in [7, 11) is 0. The van der Waals surface area contributed by atoms with Crippen molar-refractivity contribution in [3.05, 3.63) is 84.1 Å². The minimum atomic E-state index is -0.482. The third kappa shape index (κ3) is 4.30. The van der Waals surface area contributed by atoms with Crippen LogP contribution in [0.1, 0.15) is 12.5 Å². The van der Waals surface area contributed by atoms with Crippen LogP contribution in [0.5, 0.6) is 5.75 Å². The smallest absolute Gasteiger partial charge is 0.267 e. The molecule has 0 heterocycles. The van der Waals surface area contributed by atoms with E-state index >= 15 is 0 Å². The summed E-state index contributed by atoms with van der Waals surface area (Å²) in [4.78, 5) is 14.6. The molecule has 0 aliphatic carbocycles. The summed E-state index contributed by atoms with van der Waals surface area (Å²) in [6, 6.07) is 22.3. The normalized spacial score (nSPS) is 11.1. The van der Waals surface area contributed by atoms with Crippen molar-refractivity contribution in [2.45, 2.75) is 13.5 Å². The zero-order chi connectivity index (χ0) is 19.9. The van der Waals surface area contributed by atoms with Gasteiger partial charge in [-0.05, 0) is 24.6 Å². The third-order valence-corrected chi connectivity index (χ3v) is 4.46. The maximum atomic E-state index is 12.7. The number of nitriles is 1. The molecule has 0 aliphatic heterocycles. The number of fused-ring (bicyclic) bond motifs is 1. The predicted octanol–water partition coefficient (Wildman–Crippen LogP) is 4.41. The number of aromatic hydroxyl groups is 1. The fourth-order valence-corrected chi connectivity index (χ4v) is 2.98. The molecule has 0 aromatic heterocycles. The lowest BCUT2D eigenvalue weighted by Gasteiger charge is -2.19. The van der Waals surface area contributed by atoms with Gasteiger partial charge in [0.25, 0.3) is 5.91 Å². The zero-order valence-corrected chi connectivity index (χ0v) is 15.6. The van der Waals surface area contributed by atoms with E-state index in [9.17, 15) is 15.2 Å².